The van der Waals surface area contributed by atoms with E-state index in [2.05, 4.69) is 10.3 Å². The van der Waals surface area contributed by atoms with Crippen LogP contribution in [0.2, 0.25) is 0 Å². The number of benzene rings is 2. The molecule has 0 spiro atoms. The minimum atomic E-state index is -1.04. The topological polar surface area (TPSA) is 67.7 Å². The molecule has 140 valence electrons. The highest BCUT2D eigenvalue weighted by Gasteiger charge is 2.13. The Morgan fingerprint density at radius 2 is 1.86 bits per heavy atom. The van der Waals surface area contributed by atoms with Crippen LogP contribution in [-0.2, 0) is 6.54 Å². The standard InChI is InChI=1S/C21H14F2N2O3/c22-17-8-7-14(11-18(17)23)25-21-16(10-13-4-1-2-6-19(13)28-21)20(26)24-12-15-5-3-9-27-15/h1-11H,12H2,(H,24,26). The molecule has 0 saturated carbocycles. The number of rotatable bonds is 4. The number of nitrogens with zero attached hydrogens (tertiary/aromatic N) is 1. The van der Waals surface area contributed by atoms with Gasteiger partial charge in [-0.05, 0) is 36.4 Å². The van der Waals surface area contributed by atoms with Gasteiger partial charge in [0, 0.05) is 11.5 Å². The van der Waals surface area contributed by atoms with Crippen LogP contribution in [0, 0.1) is 11.6 Å². The summed E-state index contributed by atoms with van der Waals surface area (Å²) in [5.41, 5.74) is 0.779. The molecule has 2 aromatic heterocycles. The van der Waals surface area contributed by atoms with Crippen LogP contribution >= 0.6 is 0 Å². The Balaban J connectivity index is 1.78. The summed E-state index contributed by atoms with van der Waals surface area (Å²) in [6.45, 7) is 0.184. The molecule has 0 bridgehead atoms. The van der Waals surface area contributed by atoms with Crippen molar-refractivity contribution >= 4 is 22.6 Å². The molecule has 1 amide bonds. The van der Waals surface area contributed by atoms with Crippen molar-refractivity contribution in [2.75, 3.05) is 0 Å². The SMILES string of the molecule is O=C(NCc1ccco1)c1cc2ccccc2oc1=Nc1ccc(F)c(F)c1. The Morgan fingerprint density at radius 1 is 1.00 bits per heavy atom. The van der Waals surface area contributed by atoms with Crippen molar-refractivity contribution in [2.24, 2.45) is 4.99 Å². The zero-order chi connectivity index (χ0) is 19.5. The fourth-order valence-electron chi connectivity index (χ4n) is 2.66. The van der Waals surface area contributed by atoms with E-state index in [0.717, 1.165) is 12.1 Å². The summed E-state index contributed by atoms with van der Waals surface area (Å²) in [6.07, 6.45) is 1.51. The van der Waals surface area contributed by atoms with Gasteiger partial charge in [-0.25, -0.2) is 13.8 Å². The number of fused-ring (bicyclic) bond motifs is 1. The Bertz CT molecular complexity index is 1210. The van der Waals surface area contributed by atoms with E-state index in [-0.39, 0.29) is 23.3 Å². The molecular formula is C21H14F2N2O3. The maximum Gasteiger partial charge on any atom is 0.257 e. The van der Waals surface area contributed by atoms with Crippen LogP contribution in [0.5, 0.6) is 0 Å². The Morgan fingerprint density at radius 3 is 2.64 bits per heavy atom. The van der Waals surface area contributed by atoms with Gasteiger partial charge in [-0.2, -0.15) is 0 Å². The average Bonchev–Trinajstić information content (AvgIpc) is 3.22. The maximum atomic E-state index is 13.5. The molecule has 2 aromatic carbocycles. The number of carbonyl (C=O) groups is 1. The first-order valence-corrected chi connectivity index (χ1v) is 8.43. The summed E-state index contributed by atoms with van der Waals surface area (Å²) in [6, 6.07) is 15.4. The second kappa shape index (κ2) is 7.48. The third-order valence-corrected chi connectivity index (χ3v) is 4.04. The third kappa shape index (κ3) is 3.68. The van der Waals surface area contributed by atoms with Crippen molar-refractivity contribution in [3.63, 3.8) is 0 Å². The number of amides is 1. The van der Waals surface area contributed by atoms with Crippen LogP contribution in [0.3, 0.4) is 0 Å². The first-order chi connectivity index (χ1) is 13.6. The van der Waals surface area contributed by atoms with Gasteiger partial charge in [0.15, 0.2) is 11.6 Å². The molecule has 4 aromatic rings. The fraction of sp³-hybridized carbons (Fsp3) is 0.0476. The molecule has 1 N–H and O–H groups in total. The van der Waals surface area contributed by atoms with E-state index in [1.165, 1.54) is 12.3 Å². The second-order valence-electron chi connectivity index (χ2n) is 5.98. The normalized spacial score (nSPS) is 11.7. The lowest BCUT2D eigenvalue weighted by atomic mass is 10.1. The van der Waals surface area contributed by atoms with E-state index < -0.39 is 17.5 Å². The quantitative estimate of drug-likeness (QED) is 0.568. The third-order valence-electron chi connectivity index (χ3n) is 4.04. The molecule has 0 fully saturated rings. The molecule has 0 saturated heterocycles. The van der Waals surface area contributed by atoms with Gasteiger partial charge in [0.25, 0.3) is 5.91 Å². The highest BCUT2D eigenvalue weighted by molar-refractivity contribution is 5.96. The maximum absolute atomic E-state index is 13.5. The van der Waals surface area contributed by atoms with Crippen LogP contribution in [0.1, 0.15) is 16.1 Å². The first-order valence-electron chi connectivity index (χ1n) is 8.43. The van der Waals surface area contributed by atoms with E-state index in [1.807, 2.05) is 6.07 Å². The van der Waals surface area contributed by atoms with E-state index in [0.29, 0.717) is 16.7 Å². The van der Waals surface area contributed by atoms with Crippen molar-refractivity contribution in [1.29, 1.82) is 0 Å². The molecule has 0 radical (unpaired) electrons. The molecular weight excluding hydrogens is 366 g/mol. The number of nitrogens with one attached hydrogen (secondary N) is 1. The van der Waals surface area contributed by atoms with Gasteiger partial charge >= 0.3 is 0 Å². The smallest absolute Gasteiger partial charge is 0.257 e. The number of para-hydroxylation sites is 1. The van der Waals surface area contributed by atoms with Crippen LogP contribution in [-0.4, -0.2) is 5.91 Å². The van der Waals surface area contributed by atoms with Crippen molar-refractivity contribution in [2.45, 2.75) is 6.54 Å². The van der Waals surface area contributed by atoms with Crippen molar-refractivity contribution in [1.82, 2.24) is 5.32 Å². The Hall–Kier alpha value is -3.74. The molecule has 0 aliphatic rings. The van der Waals surface area contributed by atoms with Gasteiger partial charge in [0.05, 0.1) is 18.5 Å². The zero-order valence-corrected chi connectivity index (χ0v) is 14.5. The lowest BCUT2D eigenvalue weighted by Crippen LogP contribution is -2.28. The van der Waals surface area contributed by atoms with Gasteiger partial charge in [-0.1, -0.05) is 18.2 Å². The van der Waals surface area contributed by atoms with Gasteiger partial charge in [0.2, 0.25) is 5.55 Å². The monoisotopic (exact) mass is 380 g/mol. The van der Waals surface area contributed by atoms with Gasteiger partial charge in [-0.15, -0.1) is 0 Å². The number of hydrogen-bond donors (Lipinski definition) is 1. The van der Waals surface area contributed by atoms with Gasteiger partial charge in [-0.3, -0.25) is 4.79 Å². The lowest BCUT2D eigenvalue weighted by Gasteiger charge is -2.06. The number of carbonyl (C=O) groups excluding carboxylic acids is 1. The number of furan rings is 1. The van der Waals surface area contributed by atoms with Crippen LogP contribution in [0.4, 0.5) is 14.5 Å². The first kappa shape index (κ1) is 17.7. The molecule has 0 unspecified atom stereocenters. The second-order valence-corrected chi connectivity index (χ2v) is 5.98. The van der Waals surface area contributed by atoms with E-state index >= 15 is 0 Å². The number of halogens is 2. The molecule has 4 rings (SSSR count). The number of hydrogen-bond acceptors (Lipinski definition) is 4. The fourth-order valence-corrected chi connectivity index (χ4v) is 2.66. The van der Waals surface area contributed by atoms with Crippen LogP contribution < -0.4 is 10.9 Å². The predicted octanol–water partition coefficient (Wildman–Crippen LogP) is 4.47. The zero-order valence-electron chi connectivity index (χ0n) is 14.5. The highest BCUT2D eigenvalue weighted by Crippen LogP contribution is 2.17. The summed E-state index contributed by atoms with van der Waals surface area (Å²) >= 11 is 0. The summed E-state index contributed by atoms with van der Waals surface area (Å²) in [5, 5.41) is 3.43. The Labute approximate surface area is 157 Å². The summed E-state index contributed by atoms with van der Waals surface area (Å²) in [4.78, 5) is 16.9. The molecule has 5 nitrogen and oxygen atoms in total. The molecule has 0 aliphatic heterocycles. The van der Waals surface area contributed by atoms with E-state index in [4.69, 9.17) is 8.83 Å². The molecule has 0 atom stereocenters. The molecule has 28 heavy (non-hydrogen) atoms. The van der Waals surface area contributed by atoms with Gasteiger partial charge < -0.3 is 14.2 Å². The predicted molar refractivity (Wildman–Crippen MR) is 97.7 cm³/mol. The summed E-state index contributed by atoms with van der Waals surface area (Å²) < 4.78 is 37.7. The van der Waals surface area contributed by atoms with Crippen molar-refractivity contribution in [3.8, 4) is 0 Å². The van der Waals surface area contributed by atoms with Gasteiger partial charge in [0.1, 0.15) is 16.9 Å². The molecule has 2 heterocycles. The van der Waals surface area contributed by atoms with E-state index in [1.54, 1.807) is 36.4 Å². The molecule has 7 heteroatoms. The van der Waals surface area contributed by atoms with Crippen molar-refractivity contribution < 1.29 is 22.4 Å². The van der Waals surface area contributed by atoms with Crippen molar-refractivity contribution in [3.05, 3.63) is 95.4 Å². The average molecular weight is 380 g/mol. The highest BCUT2D eigenvalue weighted by atomic mass is 19.2. The Kier molecular flexibility index (Phi) is 4.72. The summed E-state index contributed by atoms with van der Waals surface area (Å²) in [5.74, 6) is -1.87. The van der Waals surface area contributed by atoms with Crippen LogP contribution in [0.25, 0.3) is 11.0 Å². The molecule has 0 aliphatic carbocycles. The minimum Gasteiger partial charge on any atom is -0.467 e. The summed E-state index contributed by atoms with van der Waals surface area (Å²) in [7, 11) is 0. The lowest BCUT2D eigenvalue weighted by molar-refractivity contribution is 0.0944. The van der Waals surface area contributed by atoms with Crippen LogP contribution in [0.15, 0.2) is 80.8 Å². The van der Waals surface area contributed by atoms with E-state index in [9.17, 15) is 13.6 Å². The largest absolute Gasteiger partial charge is 0.467 e. The minimum absolute atomic E-state index is 0.0124.